The summed E-state index contributed by atoms with van der Waals surface area (Å²) in [5.74, 6) is 2.73. The number of nitrogen functional groups attached to an aromatic ring is 1. The van der Waals surface area contributed by atoms with Gasteiger partial charge in [-0.2, -0.15) is 4.98 Å². The number of aryl methyl sites for hydroxylation is 1. The minimum atomic E-state index is 0.187. The summed E-state index contributed by atoms with van der Waals surface area (Å²) >= 11 is 0. The zero-order chi connectivity index (χ0) is 22.1. The largest absolute Gasteiger partial charge is 0.398 e. The van der Waals surface area contributed by atoms with Crippen LogP contribution in [-0.2, 0) is 4.79 Å². The third-order valence-corrected chi connectivity index (χ3v) is 6.54. The van der Waals surface area contributed by atoms with Crippen molar-refractivity contribution in [1.29, 1.82) is 0 Å². The van der Waals surface area contributed by atoms with Gasteiger partial charge in [-0.05, 0) is 56.7 Å². The molecule has 1 aliphatic heterocycles. The molecular formula is C23H31N7O. The molecule has 2 aliphatic rings. The number of likely N-dealkylation sites (tertiary alicyclic amines) is 1. The number of carbonyl (C=O) groups is 1. The summed E-state index contributed by atoms with van der Waals surface area (Å²) in [4.78, 5) is 27.0. The van der Waals surface area contributed by atoms with Crippen LogP contribution in [0.15, 0.2) is 29.4 Å². The first kappa shape index (κ1) is 21.1. The highest BCUT2D eigenvalue weighted by Gasteiger charge is 2.41. The minimum absolute atomic E-state index is 0.187. The third kappa shape index (κ3) is 4.47. The SMILES string of the molecule is CN=C(C)c1ccc(Nc2ncc(C)c(NC3CC4CN(C(C)=O)CC4C3)n2)cc1N. The van der Waals surface area contributed by atoms with Gasteiger partial charge >= 0.3 is 0 Å². The highest BCUT2D eigenvalue weighted by atomic mass is 16.2. The number of benzene rings is 1. The van der Waals surface area contributed by atoms with Crippen LogP contribution in [0.2, 0.25) is 0 Å². The first-order valence-electron chi connectivity index (χ1n) is 10.8. The molecule has 0 radical (unpaired) electrons. The van der Waals surface area contributed by atoms with Crippen LogP contribution in [0.1, 0.15) is 37.8 Å². The maximum atomic E-state index is 11.6. The Balaban J connectivity index is 1.43. The molecule has 8 nitrogen and oxygen atoms in total. The van der Waals surface area contributed by atoms with E-state index in [9.17, 15) is 4.79 Å². The summed E-state index contributed by atoms with van der Waals surface area (Å²) in [5, 5.41) is 6.87. The molecule has 1 saturated heterocycles. The topological polar surface area (TPSA) is 109 Å². The van der Waals surface area contributed by atoms with Crippen LogP contribution in [0.25, 0.3) is 0 Å². The molecule has 1 amide bonds. The van der Waals surface area contributed by atoms with Gasteiger partial charge in [0.15, 0.2) is 0 Å². The number of nitrogens with zero attached hydrogens (tertiary/aromatic N) is 4. The van der Waals surface area contributed by atoms with Crippen molar-refractivity contribution in [3.63, 3.8) is 0 Å². The predicted octanol–water partition coefficient (Wildman–Crippen LogP) is 3.22. The van der Waals surface area contributed by atoms with E-state index in [0.717, 1.165) is 54.3 Å². The van der Waals surface area contributed by atoms with Gasteiger partial charge in [0.1, 0.15) is 5.82 Å². The fraction of sp³-hybridized carbons (Fsp3) is 0.478. The van der Waals surface area contributed by atoms with Crippen LogP contribution in [0.4, 0.5) is 23.1 Å². The molecule has 31 heavy (non-hydrogen) atoms. The molecule has 1 aromatic carbocycles. The Hall–Kier alpha value is -3.16. The van der Waals surface area contributed by atoms with Crippen LogP contribution < -0.4 is 16.4 Å². The normalized spacial score (nSPS) is 23.0. The summed E-state index contributed by atoms with van der Waals surface area (Å²) in [7, 11) is 1.76. The van der Waals surface area contributed by atoms with E-state index in [1.165, 1.54) is 0 Å². The maximum Gasteiger partial charge on any atom is 0.229 e. The van der Waals surface area contributed by atoms with E-state index >= 15 is 0 Å². The number of aliphatic imine (C=N–C) groups is 1. The summed E-state index contributed by atoms with van der Waals surface area (Å²) in [6.07, 6.45) is 3.96. The predicted molar refractivity (Wildman–Crippen MR) is 125 cm³/mol. The van der Waals surface area contributed by atoms with Crippen LogP contribution in [0.3, 0.4) is 0 Å². The molecule has 1 aliphatic carbocycles. The quantitative estimate of drug-likeness (QED) is 0.505. The molecule has 1 saturated carbocycles. The van der Waals surface area contributed by atoms with Crippen molar-refractivity contribution in [2.75, 3.05) is 36.5 Å². The van der Waals surface area contributed by atoms with Gasteiger partial charge in [0, 0.05) is 67.5 Å². The number of hydrogen-bond donors (Lipinski definition) is 3. The molecule has 0 bridgehead atoms. The number of aromatic nitrogens is 2. The van der Waals surface area contributed by atoms with Crippen LogP contribution in [0, 0.1) is 18.8 Å². The molecule has 2 unspecified atom stereocenters. The van der Waals surface area contributed by atoms with Crippen molar-refractivity contribution in [2.24, 2.45) is 16.8 Å². The molecular weight excluding hydrogens is 390 g/mol. The molecule has 2 aromatic rings. The van der Waals surface area contributed by atoms with Gasteiger partial charge in [-0.15, -0.1) is 0 Å². The van der Waals surface area contributed by atoms with Crippen molar-refractivity contribution < 1.29 is 4.79 Å². The van der Waals surface area contributed by atoms with Crippen LogP contribution in [-0.4, -0.2) is 52.7 Å². The Labute approximate surface area is 183 Å². The Kier molecular flexibility index (Phi) is 5.80. The Morgan fingerprint density at radius 3 is 2.55 bits per heavy atom. The van der Waals surface area contributed by atoms with Gasteiger partial charge in [0.05, 0.1) is 0 Å². The van der Waals surface area contributed by atoms with Gasteiger partial charge in [-0.1, -0.05) is 0 Å². The van der Waals surface area contributed by atoms with Crippen molar-refractivity contribution in [3.05, 3.63) is 35.5 Å². The maximum absolute atomic E-state index is 11.6. The zero-order valence-electron chi connectivity index (χ0n) is 18.6. The lowest BCUT2D eigenvalue weighted by Crippen LogP contribution is -2.29. The van der Waals surface area contributed by atoms with E-state index in [1.54, 1.807) is 14.0 Å². The summed E-state index contributed by atoms with van der Waals surface area (Å²) in [5.41, 5.74) is 10.5. The highest BCUT2D eigenvalue weighted by molar-refractivity contribution is 6.03. The van der Waals surface area contributed by atoms with Crippen LogP contribution >= 0.6 is 0 Å². The second kappa shape index (κ2) is 8.53. The number of fused-ring (bicyclic) bond motifs is 1. The Morgan fingerprint density at radius 2 is 1.94 bits per heavy atom. The number of anilines is 4. The first-order valence-corrected chi connectivity index (χ1v) is 10.8. The number of nitrogens with one attached hydrogen (secondary N) is 2. The number of carbonyl (C=O) groups excluding carboxylic acids is 1. The second-order valence-corrected chi connectivity index (χ2v) is 8.72. The molecule has 2 atom stereocenters. The van der Waals surface area contributed by atoms with E-state index in [1.807, 2.05) is 43.1 Å². The van der Waals surface area contributed by atoms with Crippen molar-refractivity contribution >= 4 is 34.8 Å². The summed E-state index contributed by atoms with van der Waals surface area (Å²) < 4.78 is 0. The molecule has 4 rings (SSSR count). The van der Waals surface area contributed by atoms with Gasteiger partial charge in [-0.3, -0.25) is 9.79 Å². The smallest absolute Gasteiger partial charge is 0.229 e. The number of amides is 1. The molecule has 2 fully saturated rings. The zero-order valence-corrected chi connectivity index (χ0v) is 18.6. The van der Waals surface area contributed by atoms with E-state index in [0.29, 0.717) is 29.5 Å². The van der Waals surface area contributed by atoms with E-state index in [2.05, 4.69) is 20.6 Å². The van der Waals surface area contributed by atoms with Crippen molar-refractivity contribution in [2.45, 2.75) is 39.7 Å². The fourth-order valence-corrected chi connectivity index (χ4v) is 4.74. The van der Waals surface area contributed by atoms with Crippen molar-refractivity contribution in [1.82, 2.24) is 14.9 Å². The first-order chi connectivity index (χ1) is 14.8. The fourth-order valence-electron chi connectivity index (χ4n) is 4.74. The van der Waals surface area contributed by atoms with E-state index < -0.39 is 0 Å². The van der Waals surface area contributed by atoms with E-state index in [4.69, 9.17) is 10.7 Å². The molecule has 164 valence electrons. The van der Waals surface area contributed by atoms with Gasteiger partial charge in [-0.25, -0.2) is 4.98 Å². The molecule has 2 heterocycles. The molecule has 1 aromatic heterocycles. The lowest BCUT2D eigenvalue weighted by molar-refractivity contribution is -0.128. The number of rotatable bonds is 5. The summed E-state index contributed by atoms with van der Waals surface area (Å²) in [6.45, 7) is 7.38. The lowest BCUT2D eigenvalue weighted by atomic mass is 10.0. The monoisotopic (exact) mass is 421 g/mol. The molecule has 0 spiro atoms. The van der Waals surface area contributed by atoms with Gasteiger partial charge in [0.2, 0.25) is 11.9 Å². The standard InChI is InChI=1S/C23H31N7O/c1-13-10-26-23(28-18-5-6-20(14(2)25-4)21(24)9-18)29-22(13)27-19-7-16-11-30(15(3)31)12-17(16)8-19/h5-6,9-10,16-17,19H,7-8,11-12,24H2,1-4H3,(H2,26,27,28,29). The second-order valence-electron chi connectivity index (χ2n) is 8.72. The highest BCUT2D eigenvalue weighted by Crippen LogP contribution is 2.39. The van der Waals surface area contributed by atoms with Gasteiger partial charge in [0.25, 0.3) is 0 Å². The van der Waals surface area contributed by atoms with Gasteiger partial charge < -0.3 is 21.3 Å². The lowest BCUT2D eigenvalue weighted by Gasteiger charge is -2.20. The van der Waals surface area contributed by atoms with E-state index in [-0.39, 0.29) is 5.91 Å². The van der Waals surface area contributed by atoms with Crippen molar-refractivity contribution in [3.8, 4) is 0 Å². The Bertz CT molecular complexity index is 1000. The average molecular weight is 422 g/mol. The third-order valence-electron chi connectivity index (χ3n) is 6.54. The Morgan fingerprint density at radius 1 is 1.23 bits per heavy atom. The number of hydrogen-bond acceptors (Lipinski definition) is 7. The minimum Gasteiger partial charge on any atom is -0.398 e. The summed E-state index contributed by atoms with van der Waals surface area (Å²) in [6, 6.07) is 6.15. The van der Waals surface area contributed by atoms with Crippen LogP contribution in [0.5, 0.6) is 0 Å². The molecule has 4 N–H and O–H groups in total. The average Bonchev–Trinajstić information content (AvgIpc) is 3.29. The number of nitrogens with two attached hydrogens (primary N) is 1. The molecule has 8 heteroatoms.